The van der Waals surface area contributed by atoms with Gasteiger partial charge in [0.25, 0.3) is 0 Å². The van der Waals surface area contributed by atoms with Crippen LogP contribution in [0.4, 0.5) is 0 Å². The molecule has 0 bridgehead atoms. The van der Waals surface area contributed by atoms with E-state index in [1.165, 1.54) is 44.9 Å². The van der Waals surface area contributed by atoms with Crippen LogP contribution < -0.4 is 10.6 Å². The lowest BCUT2D eigenvalue weighted by Gasteiger charge is -2.35. The average molecular weight is 170 g/mol. The molecule has 1 rings (SSSR count). The van der Waals surface area contributed by atoms with Crippen molar-refractivity contribution in [3.05, 3.63) is 0 Å². The average Bonchev–Trinajstić information content (AvgIpc) is 2.06. The Morgan fingerprint density at radius 2 is 1.17 bits per heavy atom. The lowest BCUT2D eigenvalue weighted by Crippen LogP contribution is -2.54. The van der Waals surface area contributed by atoms with Gasteiger partial charge in [-0.25, -0.2) is 0 Å². The second-order valence-electron chi connectivity index (χ2n) is 3.85. The molecule has 1 saturated carbocycles. The summed E-state index contributed by atoms with van der Waals surface area (Å²) in [6, 6.07) is 0. The highest BCUT2D eigenvalue weighted by Crippen LogP contribution is 2.23. The molecule has 12 heavy (non-hydrogen) atoms. The minimum atomic E-state index is 0.237. The summed E-state index contributed by atoms with van der Waals surface area (Å²) in [5, 5.41) is 6.85. The van der Waals surface area contributed by atoms with Gasteiger partial charge in [-0.2, -0.15) is 0 Å². The second-order valence-corrected chi connectivity index (χ2v) is 3.85. The first-order valence-electron chi connectivity index (χ1n) is 5.21. The standard InChI is InChI=1S/C10H22N2/c1-11-10(12-2)8-6-4-3-5-7-9-10/h11-12H,3-9H2,1-2H3. The van der Waals surface area contributed by atoms with Crippen LogP contribution in [0.1, 0.15) is 44.9 Å². The van der Waals surface area contributed by atoms with Crippen LogP contribution in [-0.2, 0) is 0 Å². The minimum absolute atomic E-state index is 0.237. The van der Waals surface area contributed by atoms with Gasteiger partial charge in [0.15, 0.2) is 0 Å². The normalized spacial score (nSPS) is 24.5. The number of hydrogen-bond acceptors (Lipinski definition) is 2. The molecule has 0 heterocycles. The van der Waals surface area contributed by atoms with Crippen molar-refractivity contribution < 1.29 is 0 Å². The van der Waals surface area contributed by atoms with Crippen LogP contribution in [0, 0.1) is 0 Å². The monoisotopic (exact) mass is 170 g/mol. The number of hydrogen-bond donors (Lipinski definition) is 2. The number of nitrogens with one attached hydrogen (secondary N) is 2. The van der Waals surface area contributed by atoms with E-state index in [1.807, 2.05) is 0 Å². The van der Waals surface area contributed by atoms with Crippen molar-refractivity contribution in [3.8, 4) is 0 Å². The lowest BCUT2D eigenvalue weighted by molar-refractivity contribution is 0.225. The van der Waals surface area contributed by atoms with Gasteiger partial charge in [-0.3, -0.25) is 0 Å². The van der Waals surface area contributed by atoms with E-state index in [-0.39, 0.29) is 5.66 Å². The summed E-state index contributed by atoms with van der Waals surface area (Å²) in [6.07, 6.45) is 9.53. The summed E-state index contributed by atoms with van der Waals surface area (Å²) in [4.78, 5) is 0. The van der Waals surface area contributed by atoms with Crippen molar-refractivity contribution in [3.63, 3.8) is 0 Å². The fourth-order valence-corrected chi connectivity index (χ4v) is 2.13. The fraction of sp³-hybridized carbons (Fsp3) is 1.00. The summed E-state index contributed by atoms with van der Waals surface area (Å²) >= 11 is 0. The van der Waals surface area contributed by atoms with Crippen LogP contribution in [0.2, 0.25) is 0 Å². The molecule has 1 aliphatic rings. The van der Waals surface area contributed by atoms with Crippen LogP contribution in [0.15, 0.2) is 0 Å². The first kappa shape index (κ1) is 10.0. The highest BCUT2D eigenvalue weighted by molar-refractivity contribution is 4.83. The molecule has 0 radical (unpaired) electrons. The molecular weight excluding hydrogens is 148 g/mol. The molecule has 0 amide bonds. The SMILES string of the molecule is CNC1(NC)CCCCCCC1. The zero-order valence-corrected chi connectivity index (χ0v) is 8.45. The van der Waals surface area contributed by atoms with Gasteiger partial charge in [-0.1, -0.05) is 32.1 Å². The zero-order chi connectivity index (χ0) is 8.86. The molecule has 0 saturated heterocycles. The van der Waals surface area contributed by atoms with Crippen LogP contribution in [0.25, 0.3) is 0 Å². The third-order valence-corrected chi connectivity index (χ3v) is 3.16. The molecule has 0 unspecified atom stereocenters. The third-order valence-electron chi connectivity index (χ3n) is 3.16. The van der Waals surface area contributed by atoms with Crippen molar-refractivity contribution in [2.75, 3.05) is 14.1 Å². The first-order valence-corrected chi connectivity index (χ1v) is 5.21. The van der Waals surface area contributed by atoms with Gasteiger partial charge in [0, 0.05) is 0 Å². The Morgan fingerprint density at radius 1 is 0.750 bits per heavy atom. The molecule has 72 valence electrons. The van der Waals surface area contributed by atoms with Crippen LogP contribution in [0.3, 0.4) is 0 Å². The minimum Gasteiger partial charge on any atom is -0.302 e. The fourth-order valence-electron chi connectivity index (χ4n) is 2.13. The summed E-state index contributed by atoms with van der Waals surface area (Å²) < 4.78 is 0. The van der Waals surface area contributed by atoms with Gasteiger partial charge < -0.3 is 10.6 Å². The smallest absolute Gasteiger partial charge is 0.0682 e. The molecule has 0 aromatic carbocycles. The summed E-state index contributed by atoms with van der Waals surface area (Å²) in [7, 11) is 4.14. The Bertz CT molecular complexity index is 109. The van der Waals surface area contributed by atoms with Gasteiger partial charge in [0.1, 0.15) is 0 Å². The molecule has 1 fully saturated rings. The van der Waals surface area contributed by atoms with Gasteiger partial charge in [-0.15, -0.1) is 0 Å². The molecule has 1 aliphatic carbocycles. The Hall–Kier alpha value is -0.0800. The van der Waals surface area contributed by atoms with Gasteiger partial charge >= 0.3 is 0 Å². The summed E-state index contributed by atoms with van der Waals surface area (Å²) in [5.74, 6) is 0. The molecule has 2 heteroatoms. The second kappa shape index (κ2) is 4.83. The maximum Gasteiger partial charge on any atom is 0.0682 e. The van der Waals surface area contributed by atoms with Gasteiger partial charge in [0.2, 0.25) is 0 Å². The van der Waals surface area contributed by atoms with Gasteiger partial charge in [0.05, 0.1) is 5.66 Å². The van der Waals surface area contributed by atoms with Crippen molar-refractivity contribution in [2.45, 2.75) is 50.6 Å². The van der Waals surface area contributed by atoms with E-state index in [2.05, 4.69) is 24.7 Å². The molecule has 0 aromatic rings. The highest BCUT2D eigenvalue weighted by Gasteiger charge is 2.25. The maximum absolute atomic E-state index is 3.42. The maximum atomic E-state index is 3.42. The zero-order valence-electron chi connectivity index (χ0n) is 8.45. The molecular formula is C10H22N2. The van der Waals surface area contributed by atoms with Crippen molar-refractivity contribution in [2.24, 2.45) is 0 Å². The Labute approximate surface area is 76.1 Å². The summed E-state index contributed by atoms with van der Waals surface area (Å²) in [5.41, 5.74) is 0.237. The van der Waals surface area contributed by atoms with Crippen molar-refractivity contribution in [1.29, 1.82) is 0 Å². The van der Waals surface area contributed by atoms with E-state index in [4.69, 9.17) is 0 Å². The predicted molar refractivity (Wildman–Crippen MR) is 53.2 cm³/mol. The Kier molecular flexibility index (Phi) is 4.02. The van der Waals surface area contributed by atoms with Crippen LogP contribution in [0.5, 0.6) is 0 Å². The Balaban J connectivity index is 2.45. The topological polar surface area (TPSA) is 24.1 Å². The van der Waals surface area contributed by atoms with E-state index in [0.717, 1.165) is 0 Å². The lowest BCUT2D eigenvalue weighted by atomic mass is 9.91. The molecule has 0 aliphatic heterocycles. The van der Waals surface area contributed by atoms with Crippen molar-refractivity contribution in [1.82, 2.24) is 10.6 Å². The number of rotatable bonds is 2. The van der Waals surface area contributed by atoms with E-state index in [0.29, 0.717) is 0 Å². The van der Waals surface area contributed by atoms with E-state index >= 15 is 0 Å². The molecule has 0 atom stereocenters. The van der Waals surface area contributed by atoms with E-state index in [9.17, 15) is 0 Å². The molecule has 2 nitrogen and oxygen atoms in total. The first-order chi connectivity index (χ1) is 5.83. The van der Waals surface area contributed by atoms with E-state index in [1.54, 1.807) is 0 Å². The van der Waals surface area contributed by atoms with Crippen LogP contribution in [-0.4, -0.2) is 19.8 Å². The Morgan fingerprint density at radius 3 is 1.58 bits per heavy atom. The van der Waals surface area contributed by atoms with E-state index < -0.39 is 0 Å². The van der Waals surface area contributed by atoms with Gasteiger partial charge in [-0.05, 0) is 26.9 Å². The summed E-state index contributed by atoms with van der Waals surface area (Å²) in [6.45, 7) is 0. The molecule has 0 aromatic heterocycles. The quantitative estimate of drug-likeness (QED) is 0.618. The highest BCUT2D eigenvalue weighted by atomic mass is 15.2. The molecule has 0 spiro atoms. The van der Waals surface area contributed by atoms with Crippen molar-refractivity contribution >= 4 is 0 Å². The largest absolute Gasteiger partial charge is 0.302 e. The molecule has 2 N–H and O–H groups in total. The predicted octanol–water partition coefficient (Wildman–Crippen LogP) is 1.87. The van der Waals surface area contributed by atoms with Crippen LogP contribution >= 0.6 is 0 Å². The third kappa shape index (κ3) is 2.46.